The molecule has 0 N–H and O–H groups in total. The van der Waals surface area contributed by atoms with Crippen molar-refractivity contribution in [2.24, 2.45) is 40.4 Å². The van der Waals surface area contributed by atoms with Crippen molar-refractivity contribution in [2.45, 2.75) is 60.8 Å². The van der Waals surface area contributed by atoms with E-state index in [1.54, 1.807) is 18.3 Å². The van der Waals surface area contributed by atoms with Crippen molar-refractivity contribution in [1.82, 2.24) is 0 Å². The molecular formula is C31H43ClNO2+. The van der Waals surface area contributed by atoms with Gasteiger partial charge in [0.25, 0.3) is 11.8 Å². The third-order valence-corrected chi connectivity index (χ3v) is 11.0. The van der Waals surface area contributed by atoms with Crippen molar-refractivity contribution in [3.63, 3.8) is 0 Å². The monoisotopic (exact) mass is 496 g/mol. The number of halogens is 1. The van der Waals surface area contributed by atoms with E-state index in [0.29, 0.717) is 10.8 Å². The van der Waals surface area contributed by atoms with Gasteiger partial charge in [0.05, 0.1) is 14.2 Å². The molecule has 3 saturated carbocycles. The molecule has 5 rings (SSSR count). The normalized spacial score (nSPS) is 34.3. The maximum absolute atomic E-state index is 6.72. The molecule has 0 saturated heterocycles. The Morgan fingerprint density at radius 3 is 2.17 bits per heavy atom. The van der Waals surface area contributed by atoms with E-state index in [2.05, 4.69) is 53.7 Å². The summed E-state index contributed by atoms with van der Waals surface area (Å²) in [6.45, 7) is 15.0. The molecule has 0 radical (unpaired) electrons. The Bertz CT molecular complexity index is 1070. The van der Waals surface area contributed by atoms with E-state index >= 15 is 0 Å². The number of benzene rings is 2. The van der Waals surface area contributed by atoms with Crippen molar-refractivity contribution in [3.8, 4) is 11.5 Å². The van der Waals surface area contributed by atoms with Gasteiger partial charge in [0.15, 0.2) is 6.21 Å². The number of fused-ring (bicyclic) bond motifs is 2. The van der Waals surface area contributed by atoms with Crippen molar-refractivity contribution >= 4 is 23.7 Å². The summed E-state index contributed by atoms with van der Waals surface area (Å²) in [4.78, 5) is 0. The van der Waals surface area contributed by atoms with Crippen LogP contribution in [-0.4, -0.2) is 24.5 Å². The molecule has 0 heterocycles. The van der Waals surface area contributed by atoms with Gasteiger partial charge in [-0.15, -0.1) is 0 Å². The lowest BCUT2D eigenvalue weighted by Gasteiger charge is -2.78. The predicted molar refractivity (Wildman–Crippen MR) is 146 cm³/mol. The highest BCUT2D eigenvalue weighted by Crippen LogP contribution is 2.78. The quantitative estimate of drug-likeness (QED) is 0.271. The average molecular weight is 497 g/mol. The highest BCUT2D eigenvalue weighted by Gasteiger charge is 2.72. The molecule has 3 aliphatic carbocycles. The van der Waals surface area contributed by atoms with Crippen molar-refractivity contribution in [2.75, 3.05) is 14.2 Å². The number of aryl methyl sites for hydroxylation is 1. The van der Waals surface area contributed by atoms with Gasteiger partial charge < -0.3 is 9.47 Å². The smallest absolute Gasteiger partial charge is 0.268 e. The minimum Gasteiger partial charge on any atom is -0.497 e. The van der Waals surface area contributed by atoms with Crippen LogP contribution >= 0.6 is 11.8 Å². The molecule has 4 heteroatoms. The summed E-state index contributed by atoms with van der Waals surface area (Å²) < 4.78 is 12.6. The van der Waals surface area contributed by atoms with E-state index in [9.17, 15) is 0 Å². The molecule has 0 amide bonds. The number of nitrogens with zero attached hydrogens (tertiary/aromatic N) is 1. The van der Waals surface area contributed by atoms with Crippen LogP contribution < -0.4 is 9.47 Å². The molecule has 7 atom stereocenters. The zero-order valence-corrected chi connectivity index (χ0v) is 23.5. The highest BCUT2D eigenvalue weighted by molar-refractivity contribution is 6.09. The van der Waals surface area contributed by atoms with Crippen LogP contribution in [0.2, 0.25) is 0 Å². The minimum absolute atomic E-state index is 0.395. The zero-order chi connectivity index (χ0) is 25.5. The number of methoxy groups -OCH3 is 2. The van der Waals surface area contributed by atoms with Crippen LogP contribution in [0.3, 0.4) is 0 Å². The van der Waals surface area contributed by atoms with Crippen molar-refractivity contribution < 1.29 is 13.6 Å². The highest BCUT2D eigenvalue weighted by atomic mass is 35.5. The second kappa shape index (κ2) is 9.81. The molecule has 3 nitrogen and oxygen atoms in total. The minimum atomic E-state index is 0.395. The number of hydrogen-bond donors (Lipinski definition) is 0. The summed E-state index contributed by atoms with van der Waals surface area (Å²) in [5.74, 6) is 5.49. The maximum Gasteiger partial charge on any atom is 0.268 e. The molecule has 0 aliphatic heterocycles. The fraction of sp³-hybridized carbons (Fsp3) is 0.581. The van der Waals surface area contributed by atoms with Crippen LogP contribution in [0.25, 0.3) is 0 Å². The Morgan fingerprint density at radius 1 is 0.943 bits per heavy atom. The topological polar surface area (TPSA) is 21.5 Å². The van der Waals surface area contributed by atoms with Gasteiger partial charge in [0.2, 0.25) is 5.69 Å². The number of ether oxygens (including phenoxy) is 2. The Labute approximate surface area is 217 Å². The Kier molecular flexibility index (Phi) is 7.31. The van der Waals surface area contributed by atoms with E-state index in [-0.39, 0.29) is 0 Å². The second-order valence-electron chi connectivity index (χ2n) is 11.3. The molecule has 3 aliphatic rings. The second-order valence-corrected chi connectivity index (χ2v) is 11.7. The van der Waals surface area contributed by atoms with Gasteiger partial charge in [-0.1, -0.05) is 52.1 Å². The lowest BCUT2D eigenvalue weighted by Crippen LogP contribution is -2.73. The molecule has 35 heavy (non-hydrogen) atoms. The van der Waals surface area contributed by atoms with Gasteiger partial charge >= 0.3 is 0 Å². The summed E-state index contributed by atoms with van der Waals surface area (Å²) in [5, 5.41) is 0. The molecule has 0 spiro atoms. The van der Waals surface area contributed by atoms with Gasteiger partial charge in [-0.05, 0) is 89.2 Å². The largest absolute Gasteiger partial charge is 0.497 e. The van der Waals surface area contributed by atoms with E-state index in [0.717, 1.165) is 58.8 Å². The van der Waals surface area contributed by atoms with E-state index in [4.69, 9.17) is 21.3 Å². The standard InChI is InChI=1S/C31H43ClNO2/c1-9-29-30(6)21(3)20(2)22(4)31(29,23(30)5)17-16-24-18-28(35-8)13-10-25(24)19-33(32)26-11-14-27(34-7)15-12-26/h10-15,18-23,29H,9,16-17H2,1-8H3/q+1/b33-19-. The first-order valence-corrected chi connectivity index (χ1v) is 13.6. The summed E-state index contributed by atoms with van der Waals surface area (Å²) in [6, 6.07) is 14.2. The molecule has 3 fully saturated rings. The van der Waals surface area contributed by atoms with Crippen LogP contribution in [0.15, 0.2) is 42.5 Å². The van der Waals surface area contributed by atoms with Gasteiger partial charge in [-0.3, -0.25) is 0 Å². The number of rotatable bonds is 8. The van der Waals surface area contributed by atoms with Gasteiger partial charge in [-0.2, -0.15) is 0 Å². The SMILES string of the molecule is CCC1C2(C)C(C)C(C)C(C)C1(CCc1cc(OC)ccc1/C=[N+](\Cl)c1ccc(OC)cc1)C2C. The van der Waals surface area contributed by atoms with Crippen LogP contribution in [0.4, 0.5) is 5.69 Å². The first-order chi connectivity index (χ1) is 16.6. The molecule has 2 aromatic carbocycles. The fourth-order valence-corrected chi connectivity index (χ4v) is 8.56. The lowest BCUT2D eigenvalue weighted by molar-refractivity contribution is -0.301. The fourth-order valence-electron chi connectivity index (χ4n) is 8.34. The van der Waals surface area contributed by atoms with Crippen LogP contribution in [-0.2, 0) is 6.42 Å². The maximum atomic E-state index is 6.72. The Morgan fingerprint density at radius 2 is 1.57 bits per heavy atom. The van der Waals surface area contributed by atoms with Crippen LogP contribution in [0.5, 0.6) is 11.5 Å². The number of hydrogen-bond acceptors (Lipinski definition) is 2. The van der Waals surface area contributed by atoms with Crippen LogP contribution in [0.1, 0.15) is 65.5 Å². The molecular weight excluding hydrogens is 454 g/mol. The van der Waals surface area contributed by atoms with E-state index < -0.39 is 0 Å². The lowest BCUT2D eigenvalue weighted by atomic mass is 9.27. The first kappa shape index (κ1) is 26.1. The van der Waals surface area contributed by atoms with E-state index in [1.807, 2.05) is 36.5 Å². The van der Waals surface area contributed by atoms with Gasteiger partial charge in [-0.25, -0.2) is 0 Å². The van der Waals surface area contributed by atoms with Crippen LogP contribution in [0, 0.1) is 40.4 Å². The third-order valence-electron chi connectivity index (χ3n) is 10.7. The Balaban J connectivity index is 1.65. The molecule has 7 unspecified atom stereocenters. The van der Waals surface area contributed by atoms with Gasteiger partial charge in [0, 0.05) is 17.7 Å². The van der Waals surface area contributed by atoms with Crippen molar-refractivity contribution in [3.05, 3.63) is 53.6 Å². The molecule has 190 valence electrons. The Hall–Kier alpha value is -2.00. The molecule has 0 aromatic heterocycles. The summed E-state index contributed by atoms with van der Waals surface area (Å²) in [5.41, 5.74) is 4.19. The average Bonchev–Trinajstić information content (AvgIpc) is 2.88. The summed E-state index contributed by atoms with van der Waals surface area (Å²) in [7, 11) is 3.41. The predicted octanol–water partition coefficient (Wildman–Crippen LogP) is 8.14. The van der Waals surface area contributed by atoms with E-state index in [1.165, 1.54) is 18.4 Å². The first-order valence-electron chi connectivity index (χ1n) is 13.3. The summed E-state index contributed by atoms with van der Waals surface area (Å²) >= 11 is 6.72. The molecule has 2 bridgehead atoms. The zero-order valence-electron chi connectivity index (χ0n) is 22.8. The van der Waals surface area contributed by atoms with Crippen molar-refractivity contribution in [1.29, 1.82) is 0 Å². The van der Waals surface area contributed by atoms with Gasteiger partial charge in [0.1, 0.15) is 11.5 Å². The third kappa shape index (κ3) is 3.99. The summed E-state index contributed by atoms with van der Waals surface area (Å²) in [6.07, 6.45) is 5.53. The molecule has 2 aromatic rings.